The summed E-state index contributed by atoms with van der Waals surface area (Å²) in [7, 11) is 1.48. The number of rotatable bonds is 3. The molecule has 0 aromatic rings. The molecule has 0 bridgehead atoms. The van der Waals surface area contributed by atoms with Crippen molar-refractivity contribution >= 4 is 5.97 Å². The molecule has 92 valence electrons. The summed E-state index contributed by atoms with van der Waals surface area (Å²) >= 11 is 0. The van der Waals surface area contributed by atoms with E-state index in [4.69, 9.17) is 4.74 Å². The molecule has 1 aliphatic carbocycles. The lowest BCUT2D eigenvalue weighted by atomic mass is 9.90. The van der Waals surface area contributed by atoms with Gasteiger partial charge in [0.1, 0.15) is 0 Å². The summed E-state index contributed by atoms with van der Waals surface area (Å²) in [6, 6.07) is 1.09. The maximum absolute atomic E-state index is 11.3. The Morgan fingerprint density at radius 3 is 2.88 bits per heavy atom. The van der Waals surface area contributed by atoms with E-state index in [1.807, 2.05) is 0 Å². The minimum atomic E-state index is -0.0763. The quantitative estimate of drug-likeness (QED) is 0.690. The van der Waals surface area contributed by atoms with Gasteiger partial charge in [0.05, 0.1) is 13.5 Å². The van der Waals surface area contributed by atoms with Crippen molar-refractivity contribution in [1.82, 2.24) is 4.90 Å². The van der Waals surface area contributed by atoms with Crippen molar-refractivity contribution in [1.29, 1.82) is 0 Å². The second-order valence-corrected chi connectivity index (χ2v) is 5.27. The Hall–Kier alpha value is -0.570. The van der Waals surface area contributed by atoms with E-state index in [9.17, 15) is 4.79 Å². The number of carbonyl (C=O) groups excluding carboxylic acids is 1. The molecule has 0 radical (unpaired) electrons. The molecule has 1 aliphatic heterocycles. The van der Waals surface area contributed by atoms with Crippen LogP contribution in [0.3, 0.4) is 0 Å². The number of esters is 1. The monoisotopic (exact) mass is 225 g/mol. The Balaban J connectivity index is 1.94. The van der Waals surface area contributed by atoms with E-state index >= 15 is 0 Å². The lowest BCUT2D eigenvalue weighted by Gasteiger charge is -2.41. The zero-order valence-electron chi connectivity index (χ0n) is 10.4. The number of piperidine rings is 1. The first kappa shape index (κ1) is 11.9. The first-order valence-electron chi connectivity index (χ1n) is 6.55. The second kappa shape index (κ2) is 5.17. The highest BCUT2D eigenvalue weighted by Gasteiger charge is 2.37. The molecule has 1 saturated heterocycles. The lowest BCUT2D eigenvalue weighted by molar-refractivity contribution is -0.142. The summed E-state index contributed by atoms with van der Waals surface area (Å²) in [5.41, 5.74) is 0. The number of carbonyl (C=O) groups is 1. The van der Waals surface area contributed by atoms with Crippen LogP contribution >= 0.6 is 0 Å². The lowest BCUT2D eigenvalue weighted by Crippen LogP contribution is -2.48. The van der Waals surface area contributed by atoms with Gasteiger partial charge < -0.3 is 4.74 Å². The van der Waals surface area contributed by atoms with Crippen molar-refractivity contribution < 1.29 is 9.53 Å². The van der Waals surface area contributed by atoms with E-state index in [0.29, 0.717) is 12.5 Å². The fourth-order valence-corrected chi connectivity index (χ4v) is 3.48. The average Bonchev–Trinajstić information content (AvgIpc) is 2.76. The van der Waals surface area contributed by atoms with Gasteiger partial charge in [-0.25, -0.2) is 0 Å². The zero-order valence-corrected chi connectivity index (χ0v) is 10.4. The molecule has 0 aromatic heterocycles. The van der Waals surface area contributed by atoms with E-state index in [1.54, 1.807) is 0 Å². The largest absolute Gasteiger partial charge is 0.469 e. The Morgan fingerprint density at radius 2 is 2.12 bits per heavy atom. The van der Waals surface area contributed by atoms with Crippen LogP contribution < -0.4 is 0 Å². The minimum absolute atomic E-state index is 0.0763. The highest BCUT2D eigenvalue weighted by Crippen LogP contribution is 2.37. The van der Waals surface area contributed by atoms with Crippen molar-refractivity contribution in [2.45, 2.75) is 57.5 Å². The summed E-state index contributed by atoms with van der Waals surface area (Å²) < 4.78 is 4.76. The van der Waals surface area contributed by atoms with Gasteiger partial charge in [-0.2, -0.15) is 0 Å². The summed E-state index contributed by atoms with van der Waals surface area (Å²) in [6.07, 6.45) is 7.33. The van der Waals surface area contributed by atoms with Gasteiger partial charge in [-0.05, 0) is 45.1 Å². The normalized spacial score (nSPS) is 32.1. The molecule has 3 heteroatoms. The SMILES string of the molecule is COC(=O)CC(C)N1CCCC2CCCC21. The van der Waals surface area contributed by atoms with Gasteiger partial charge in [-0.15, -0.1) is 0 Å². The first-order valence-corrected chi connectivity index (χ1v) is 6.55. The zero-order chi connectivity index (χ0) is 11.5. The molecule has 0 N–H and O–H groups in total. The average molecular weight is 225 g/mol. The molecule has 3 nitrogen and oxygen atoms in total. The first-order chi connectivity index (χ1) is 7.72. The highest BCUT2D eigenvalue weighted by atomic mass is 16.5. The summed E-state index contributed by atoms with van der Waals surface area (Å²) in [4.78, 5) is 13.9. The van der Waals surface area contributed by atoms with Crippen LogP contribution in [-0.4, -0.2) is 36.6 Å². The van der Waals surface area contributed by atoms with Crippen LogP contribution in [0.25, 0.3) is 0 Å². The Morgan fingerprint density at radius 1 is 1.38 bits per heavy atom. The molecule has 2 fully saturated rings. The molecule has 2 rings (SSSR count). The van der Waals surface area contributed by atoms with Crippen LogP contribution in [0, 0.1) is 5.92 Å². The van der Waals surface area contributed by atoms with Gasteiger partial charge in [0.15, 0.2) is 0 Å². The van der Waals surface area contributed by atoms with E-state index in [2.05, 4.69) is 11.8 Å². The fourth-order valence-electron chi connectivity index (χ4n) is 3.48. The van der Waals surface area contributed by atoms with E-state index in [0.717, 1.165) is 12.0 Å². The van der Waals surface area contributed by atoms with Crippen molar-refractivity contribution in [2.24, 2.45) is 5.92 Å². The van der Waals surface area contributed by atoms with Crippen molar-refractivity contribution in [3.63, 3.8) is 0 Å². The predicted octanol–water partition coefficient (Wildman–Crippen LogP) is 2.20. The van der Waals surface area contributed by atoms with Crippen LogP contribution in [0.15, 0.2) is 0 Å². The molecule has 16 heavy (non-hydrogen) atoms. The molecule has 3 atom stereocenters. The number of fused-ring (bicyclic) bond motifs is 1. The van der Waals surface area contributed by atoms with Gasteiger partial charge >= 0.3 is 5.97 Å². The Labute approximate surface area is 98.1 Å². The van der Waals surface area contributed by atoms with E-state index in [-0.39, 0.29) is 5.97 Å². The molecule has 2 aliphatic rings. The van der Waals surface area contributed by atoms with Gasteiger partial charge in [0.2, 0.25) is 0 Å². The van der Waals surface area contributed by atoms with Gasteiger partial charge in [-0.1, -0.05) is 6.42 Å². The summed E-state index contributed by atoms with van der Waals surface area (Å²) in [5.74, 6) is 0.821. The Bertz CT molecular complexity index is 254. The third-order valence-corrected chi connectivity index (χ3v) is 4.29. The maximum Gasteiger partial charge on any atom is 0.307 e. The number of methoxy groups -OCH3 is 1. The van der Waals surface area contributed by atoms with Crippen molar-refractivity contribution in [3.05, 3.63) is 0 Å². The van der Waals surface area contributed by atoms with Gasteiger partial charge in [0, 0.05) is 12.1 Å². The summed E-state index contributed by atoms with van der Waals surface area (Å²) in [6.45, 7) is 3.33. The number of nitrogens with zero attached hydrogens (tertiary/aromatic N) is 1. The van der Waals surface area contributed by atoms with Crippen LogP contribution in [0.4, 0.5) is 0 Å². The maximum atomic E-state index is 11.3. The molecule has 0 amide bonds. The van der Waals surface area contributed by atoms with E-state index < -0.39 is 0 Å². The highest BCUT2D eigenvalue weighted by molar-refractivity contribution is 5.69. The standard InChI is InChI=1S/C13H23NO2/c1-10(9-13(15)16-2)14-8-4-6-11-5-3-7-12(11)14/h10-12H,3-9H2,1-2H3. The minimum Gasteiger partial charge on any atom is -0.469 e. The molecule has 0 aromatic carbocycles. The number of likely N-dealkylation sites (tertiary alicyclic amines) is 1. The number of hydrogen-bond acceptors (Lipinski definition) is 3. The fraction of sp³-hybridized carbons (Fsp3) is 0.923. The summed E-state index contributed by atoms with van der Waals surface area (Å²) in [5, 5.41) is 0. The molecule has 1 heterocycles. The van der Waals surface area contributed by atoms with Crippen LogP contribution in [0.5, 0.6) is 0 Å². The number of hydrogen-bond donors (Lipinski definition) is 0. The molecule has 0 spiro atoms. The third kappa shape index (κ3) is 2.40. The third-order valence-electron chi connectivity index (χ3n) is 4.29. The van der Waals surface area contributed by atoms with Crippen molar-refractivity contribution in [2.75, 3.05) is 13.7 Å². The topological polar surface area (TPSA) is 29.5 Å². The smallest absolute Gasteiger partial charge is 0.307 e. The van der Waals surface area contributed by atoms with Gasteiger partial charge in [0.25, 0.3) is 0 Å². The van der Waals surface area contributed by atoms with Crippen LogP contribution in [0.2, 0.25) is 0 Å². The van der Waals surface area contributed by atoms with Crippen molar-refractivity contribution in [3.8, 4) is 0 Å². The molecular weight excluding hydrogens is 202 g/mol. The molecule has 1 saturated carbocycles. The second-order valence-electron chi connectivity index (χ2n) is 5.27. The molecule has 3 unspecified atom stereocenters. The predicted molar refractivity (Wildman–Crippen MR) is 63.2 cm³/mol. The van der Waals surface area contributed by atoms with Gasteiger partial charge in [-0.3, -0.25) is 9.69 Å². The number of ether oxygens (including phenoxy) is 1. The van der Waals surface area contributed by atoms with Crippen LogP contribution in [0.1, 0.15) is 45.4 Å². The van der Waals surface area contributed by atoms with E-state index in [1.165, 1.54) is 45.8 Å². The Kier molecular flexibility index (Phi) is 3.85. The molecular formula is C13H23NO2. The van der Waals surface area contributed by atoms with Crippen LogP contribution in [-0.2, 0) is 9.53 Å².